The van der Waals surface area contributed by atoms with E-state index in [9.17, 15) is 9.18 Å². The van der Waals surface area contributed by atoms with Gasteiger partial charge in [0.05, 0.1) is 11.6 Å². The normalized spacial score (nSPS) is 17.5. The van der Waals surface area contributed by atoms with E-state index in [4.69, 9.17) is 12.2 Å². The van der Waals surface area contributed by atoms with Gasteiger partial charge in [-0.3, -0.25) is 4.79 Å². The van der Waals surface area contributed by atoms with Gasteiger partial charge in [-0.2, -0.15) is 0 Å². The van der Waals surface area contributed by atoms with E-state index in [-0.39, 0.29) is 17.8 Å². The van der Waals surface area contributed by atoms with Gasteiger partial charge in [0.1, 0.15) is 5.82 Å². The predicted octanol–water partition coefficient (Wildman–Crippen LogP) is 3.32. The fraction of sp³-hybridized carbons (Fsp3) is 0.125. The number of thiophene rings is 1. The summed E-state index contributed by atoms with van der Waals surface area (Å²) in [5.41, 5.74) is 1.80. The number of amides is 1. The van der Waals surface area contributed by atoms with E-state index >= 15 is 0 Å². The number of carbonyl (C=O) groups is 1. The maximum Gasteiger partial charge on any atom is 0.255 e. The highest BCUT2D eigenvalue weighted by molar-refractivity contribution is 7.80. The van der Waals surface area contributed by atoms with Gasteiger partial charge in [0.25, 0.3) is 5.91 Å². The third-order valence-corrected chi connectivity index (χ3v) is 4.60. The quantitative estimate of drug-likeness (QED) is 0.746. The van der Waals surface area contributed by atoms with Crippen LogP contribution in [0.25, 0.3) is 0 Å². The van der Waals surface area contributed by atoms with Crippen LogP contribution in [0.4, 0.5) is 10.1 Å². The average Bonchev–Trinajstić information content (AvgIpc) is 3.03. The van der Waals surface area contributed by atoms with Crippen molar-refractivity contribution >= 4 is 40.3 Å². The highest BCUT2D eigenvalue weighted by atomic mass is 32.1. The van der Waals surface area contributed by atoms with Crippen LogP contribution in [0.15, 0.2) is 53.0 Å². The van der Waals surface area contributed by atoms with E-state index in [2.05, 4.69) is 16.0 Å². The molecule has 0 fully saturated rings. The van der Waals surface area contributed by atoms with Crippen molar-refractivity contribution in [2.75, 3.05) is 5.32 Å². The number of carbonyl (C=O) groups excluding carboxylic acids is 1. The van der Waals surface area contributed by atoms with Gasteiger partial charge in [-0.15, -0.1) is 11.3 Å². The molecule has 1 aromatic carbocycles. The van der Waals surface area contributed by atoms with Crippen LogP contribution in [0.2, 0.25) is 0 Å². The van der Waals surface area contributed by atoms with Gasteiger partial charge >= 0.3 is 0 Å². The topological polar surface area (TPSA) is 53.2 Å². The molecule has 118 valence electrons. The summed E-state index contributed by atoms with van der Waals surface area (Å²) in [5, 5.41) is 11.3. The van der Waals surface area contributed by atoms with Gasteiger partial charge in [0, 0.05) is 16.3 Å². The Morgan fingerprint density at radius 3 is 2.70 bits per heavy atom. The van der Waals surface area contributed by atoms with Gasteiger partial charge in [-0.25, -0.2) is 4.39 Å². The number of benzene rings is 1. The Balaban J connectivity index is 1.90. The smallest absolute Gasteiger partial charge is 0.255 e. The monoisotopic (exact) mass is 347 g/mol. The third kappa shape index (κ3) is 3.40. The van der Waals surface area contributed by atoms with Gasteiger partial charge in [-0.1, -0.05) is 6.07 Å². The van der Waals surface area contributed by atoms with E-state index < -0.39 is 0 Å². The molecule has 1 aliphatic heterocycles. The molecule has 3 N–H and O–H groups in total. The van der Waals surface area contributed by atoms with Gasteiger partial charge in [0.2, 0.25) is 0 Å². The first kappa shape index (κ1) is 15.6. The molecule has 0 unspecified atom stereocenters. The molecular weight excluding hydrogens is 333 g/mol. The molecule has 2 aromatic rings. The zero-order chi connectivity index (χ0) is 16.4. The van der Waals surface area contributed by atoms with Crippen molar-refractivity contribution in [3.63, 3.8) is 0 Å². The Hall–Kier alpha value is -2.25. The average molecular weight is 347 g/mol. The summed E-state index contributed by atoms with van der Waals surface area (Å²) < 4.78 is 13.0. The molecule has 2 heterocycles. The van der Waals surface area contributed by atoms with Crippen LogP contribution >= 0.6 is 23.6 Å². The number of anilines is 1. The lowest BCUT2D eigenvalue weighted by atomic mass is 10.0. The molecule has 0 saturated carbocycles. The van der Waals surface area contributed by atoms with Crippen LogP contribution in [0, 0.1) is 5.82 Å². The Bertz CT molecular complexity index is 769. The fourth-order valence-corrected chi connectivity index (χ4v) is 3.45. The van der Waals surface area contributed by atoms with Crippen LogP contribution < -0.4 is 16.0 Å². The first-order valence-electron chi connectivity index (χ1n) is 6.93. The van der Waals surface area contributed by atoms with Crippen molar-refractivity contribution in [1.82, 2.24) is 10.6 Å². The van der Waals surface area contributed by atoms with E-state index in [1.54, 1.807) is 11.3 Å². The number of halogens is 1. The summed E-state index contributed by atoms with van der Waals surface area (Å²) >= 11 is 6.74. The highest BCUT2D eigenvalue weighted by Gasteiger charge is 2.30. The maximum atomic E-state index is 13.0. The summed E-state index contributed by atoms with van der Waals surface area (Å²) in [4.78, 5) is 13.7. The van der Waals surface area contributed by atoms with E-state index in [1.807, 2.05) is 24.4 Å². The number of hydrogen-bond acceptors (Lipinski definition) is 3. The first-order valence-corrected chi connectivity index (χ1v) is 8.22. The Labute approximate surface area is 142 Å². The molecule has 0 bridgehead atoms. The first-order chi connectivity index (χ1) is 11.0. The predicted molar refractivity (Wildman–Crippen MR) is 93.7 cm³/mol. The fourth-order valence-electron chi connectivity index (χ4n) is 2.40. The molecule has 0 radical (unpaired) electrons. The lowest BCUT2D eigenvalue weighted by Crippen LogP contribution is -2.45. The summed E-state index contributed by atoms with van der Waals surface area (Å²) in [6.07, 6.45) is 0. The third-order valence-electron chi connectivity index (χ3n) is 3.44. The second kappa shape index (κ2) is 6.47. The molecule has 0 spiro atoms. The second-order valence-electron chi connectivity index (χ2n) is 5.05. The summed E-state index contributed by atoms with van der Waals surface area (Å²) in [5.74, 6) is -0.601. The van der Waals surface area contributed by atoms with E-state index in [1.165, 1.54) is 24.3 Å². The molecule has 7 heteroatoms. The highest BCUT2D eigenvalue weighted by Crippen LogP contribution is 2.30. The Morgan fingerprint density at radius 2 is 2.04 bits per heavy atom. The van der Waals surface area contributed by atoms with Crippen molar-refractivity contribution in [3.8, 4) is 0 Å². The van der Waals surface area contributed by atoms with Crippen LogP contribution in [-0.4, -0.2) is 11.0 Å². The number of thiocarbonyl (C=S) groups is 1. The Kier molecular flexibility index (Phi) is 4.40. The summed E-state index contributed by atoms with van der Waals surface area (Å²) in [6, 6.07) is 9.24. The number of allylic oxidation sites excluding steroid dienone is 1. The van der Waals surface area contributed by atoms with Crippen molar-refractivity contribution in [2.45, 2.75) is 13.0 Å². The minimum absolute atomic E-state index is 0.255. The molecule has 1 aliphatic rings. The number of rotatable bonds is 3. The standard InChI is InChI=1S/C16H14FN3OS2/c1-9-13(15(21)19-11-6-4-10(17)5-7-11)14(20-16(22)18-9)12-3-2-8-23-12/h2-8,14H,1H3,(H,19,21)(H2,18,20,22)/t14-/m0/s1. The van der Waals surface area contributed by atoms with Crippen LogP contribution in [0.1, 0.15) is 17.8 Å². The van der Waals surface area contributed by atoms with Gasteiger partial charge in [0.15, 0.2) is 5.11 Å². The summed E-state index contributed by atoms with van der Waals surface area (Å²) in [6.45, 7) is 1.81. The summed E-state index contributed by atoms with van der Waals surface area (Å²) in [7, 11) is 0. The molecular formula is C16H14FN3OS2. The zero-order valence-corrected chi connectivity index (χ0v) is 13.9. The molecule has 1 amide bonds. The zero-order valence-electron chi connectivity index (χ0n) is 12.2. The van der Waals surface area contributed by atoms with E-state index in [0.717, 1.165) is 4.88 Å². The maximum absolute atomic E-state index is 13.0. The molecule has 0 saturated heterocycles. The van der Waals surface area contributed by atoms with Crippen molar-refractivity contribution in [2.24, 2.45) is 0 Å². The van der Waals surface area contributed by atoms with Crippen LogP contribution in [-0.2, 0) is 4.79 Å². The molecule has 4 nitrogen and oxygen atoms in total. The number of hydrogen-bond donors (Lipinski definition) is 3. The van der Waals surface area contributed by atoms with E-state index in [0.29, 0.717) is 22.1 Å². The SMILES string of the molecule is CC1=C(C(=O)Nc2ccc(F)cc2)[C@H](c2cccs2)NC(=S)N1. The lowest BCUT2D eigenvalue weighted by Gasteiger charge is -2.29. The molecule has 1 aromatic heterocycles. The van der Waals surface area contributed by atoms with Crippen LogP contribution in [0.3, 0.4) is 0 Å². The van der Waals surface area contributed by atoms with Crippen molar-refractivity contribution in [3.05, 3.63) is 63.7 Å². The second-order valence-corrected chi connectivity index (χ2v) is 6.43. The largest absolute Gasteiger partial charge is 0.350 e. The molecule has 0 aliphatic carbocycles. The Morgan fingerprint density at radius 1 is 1.30 bits per heavy atom. The lowest BCUT2D eigenvalue weighted by molar-refractivity contribution is -0.113. The van der Waals surface area contributed by atoms with Crippen molar-refractivity contribution in [1.29, 1.82) is 0 Å². The van der Waals surface area contributed by atoms with Gasteiger partial charge < -0.3 is 16.0 Å². The molecule has 3 rings (SSSR count). The minimum Gasteiger partial charge on any atom is -0.350 e. The molecule has 23 heavy (non-hydrogen) atoms. The van der Waals surface area contributed by atoms with Crippen molar-refractivity contribution < 1.29 is 9.18 Å². The van der Waals surface area contributed by atoms with Crippen LogP contribution in [0.5, 0.6) is 0 Å². The minimum atomic E-state index is -0.346. The molecule has 1 atom stereocenters. The number of nitrogens with one attached hydrogen (secondary N) is 3. The van der Waals surface area contributed by atoms with Gasteiger partial charge in [-0.05, 0) is 54.9 Å².